The number of rotatable bonds is 9. The van der Waals surface area contributed by atoms with Crippen LogP contribution in [0, 0.1) is 6.92 Å². The zero-order valence-electron chi connectivity index (χ0n) is 20.1. The standard InChI is InChI=1S/C28H33N3O3S/c1-23-10-8-15-26(22-23)30-17-19-31(20-18-30)35(33,34)21-9-16-29-28(32)27(24-11-4-2-5-12-24)25-13-6-3-7-14-25/h2-8,10-15,22,27H,9,16-21H2,1H3,(H,29,32). The van der Waals surface area contributed by atoms with Crippen LogP contribution in [-0.2, 0) is 14.8 Å². The molecule has 0 spiro atoms. The molecular formula is C28H33N3O3S. The normalized spacial score (nSPS) is 14.7. The molecule has 184 valence electrons. The fourth-order valence-corrected chi connectivity index (χ4v) is 6.02. The Morgan fingerprint density at radius 3 is 2.03 bits per heavy atom. The number of hydrogen-bond acceptors (Lipinski definition) is 4. The molecule has 1 amide bonds. The second-order valence-corrected chi connectivity index (χ2v) is 11.0. The van der Waals surface area contributed by atoms with E-state index in [0.717, 1.165) is 16.8 Å². The van der Waals surface area contributed by atoms with Crippen molar-refractivity contribution in [1.29, 1.82) is 0 Å². The third kappa shape index (κ3) is 6.50. The van der Waals surface area contributed by atoms with Crippen molar-refractivity contribution < 1.29 is 13.2 Å². The Bertz CT molecular complexity index is 1170. The highest BCUT2D eigenvalue weighted by Gasteiger charge is 2.27. The minimum atomic E-state index is -3.36. The lowest BCUT2D eigenvalue weighted by molar-refractivity contribution is -0.121. The Labute approximate surface area is 208 Å². The third-order valence-corrected chi connectivity index (χ3v) is 8.36. The smallest absolute Gasteiger partial charge is 0.232 e. The summed E-state index contributed by atoms with van der Waals surface area (Å²) in [6.07, 6.45) is 0.377. The quantitative estimate of drug-likeness (QED) is 0.463. The maximum absolute atomic E-state index is 13.1. The van der Waals surface area contributed by atoms with Crippen molar-refractivity contribution in [1.82, 2.24) is 9.62 Å². The molecule has 0 atom stereocenters. The van der Waals surface area contributed by atoms with Gasteiger partial charge in [-0.2, -0.15) is 4.31 Å². The second kappa shape index (κ2) is 11.5. The summed E-state index contributed by atoms with van der Waals surface area (Å²) in [5, 5.41) is 2.96. The van der Waals surface area contributed by atoms with E-state index in [9.17, 15) is 13.2 Å². The van der Waals surface area contributed by atoms with Crippen molar-refractivity contribution >= 4 is 21.6 Å². The number of hydrogen-bond donors (Lipinski definition) is 1. The highest BCUT2D eigenvalue weighted by molar-refractivity contribution is 7.89. The molecular weight excluding hydrogens is 458 g/mol. The molecule has 35 heavy (non-hydrogen) atoms. The number of piperazine rings is 1. The first kappa shape index (κ1) is 24.9. The Kier molecular flexibility index (Phi) is 8.21. The van der Waals surface area contributed by atoms with Crippen LogP contribution in [0.25, 0.3) is 0 Å². The van der Waals surface area contributed by atoms with Crippen molar-refractivity contribution in [3.8, 4) is 0 Å². The van der Waals surface area contributed by atoms with Gasteiger partial charge in [0.1, 0.15) is 0 Å². The maximum Gasteiger partial charge on any atom is 0.232 e. The first-order chi connectivity index (χ1) is 16.9. The molecule has 1 fully saturated rings. The minimum Gasteiger partial charge on any atom is -0.369 e. The maximum atomic E-state index is 13.1. The molecule has 1 N–H and O–H groups in total. The molecule has 0 saturated carbocycles. The van der Waals surface area contributed by atoms with Crippen molar-refractivity contribution in [3.63, 3.8) is 0 Å². The van der Waals surface area contributed by atoms with Gasteiger partial charge in [-0.3, -0.25) is 4.79 Å². The monoisotopic (exact) mass is 491 g/mol. The van der Waals surface area contributed by atoms with Gasteiger partial charge in [0.25, 0.3) is 0 Å². The number of sulfonamides is 1. The molecule has 4 rings (SSSR count). The molecule has 7 heteroatoms. The van der Waals surface area contributed by atoms with E-state index >= 15 is 0 Å². The predicted molar refractivity (Wildman–Crippen MR) is 141 cm³/mol. The Hall–Kier alpha value is -3.16. The highest BCUT2D eigenvalue weighted by atomic mass is 32.2. The second-order valence-electron chi connectivity index (χ2n) is 8.94. The number of aryl methyl sites for hydroxylation is 1. The Balaban J connectivity index is 1.28. The molecule has 1 heterocycles. The summed E-state index contributed by atoms with van der Waals surface area (Å²) >= 11 is 0. The highest BCUT2D eigenvalue weighted by Crippen LogP contribution is 2.25. The molecule has 6 nitrogen and oxygen atoms in total. The molecule has 3 aromatic carbocycles. The summed E-state index contributed by atoms with van der Waals surface area (Å²) in [7, 11) is -3.36. The van der Waals surface area contributed by atoms with E-state index in [1.165, 1.54) is 5.56 Å². The summed E-state index contributed by atoms with van der Waals surface area (Å²) in [6.45, 7) is 4.69. The first-order valence-corrected chi connectivity index (χ1v) is 13.7. The van der Waals surface area contributed by atoms with Crippen LogP contribution in [-0.4, -0.2) is 57.1 Å². The average Bonchev–Trinajstić information content (AvgIpc) is 2.88. The lowest BCUT2D eigenvalue weighted by atomic mass is 9.90. The molecule has 0 bridgehead atoms. The number of carbonyl (C=O) groups excluding carboxylic acids is 1. The summed E-state index contributed by atoms with van der Waals surface area (Å²) < 4.78 is 27.4. The van der Waals surface area contributed by atoms with Crippen molar-refractivity contribution in [2.75, 3.05) is 43.4 Å². The van der Waals surface area contributed by atoms with Gasteiger partial charge in [-0.1, -0.05) is 72.8 Å². The van der Waals surface area contributed by atoms with Gasteiger partial charge in [-0.05, 0) is 42.2 Å². The van der Waals surface area contributed by atoms with Gasteiger partial charge >= 0.3 is 0 Å². The lowest BCUT2D eigenvalue weighted by Crippen LogP contribution is -2.49. The van der Waals surface area contributed by atoms with Gasteiger partial charge in [0.05, 0.1) is 11.7 Å². The number of carbonyl (C=O) groups is 1. The minimum absolute atomic E-state index is 0.0269. The third-order valence-electron chi connectivity index (χ3n) is 6.41. The summed E-state index contributed by atoms with van der Waals surface area (Å²) in [5.74, 6) is -0.519. The lowest BCUT2D eigenvalue weighted by Gasteiger charge is -2.35. The number of anilines is 1. The largest absolute Gasteiger partial charge is 0.369 e. The van der Waals surface area contributed by atoms with E-state index in [0.29, 0.717) is 39.1 Å². The Morgan fingerprint density at radius 2 is 1.46 bits per heavy atom. The van der Waals surface area contributed by atoms with Crippen molar-refractivity contribution in [2.45, 2.75) is 19.3 Å². The van der Waals surface area contributed by atoms with Gasteiger partial charge in [-0.25, -0.2) is 8.42 Å². The van der Waals surface area contributed by atoms with Crippen LogP contribution < -0.4 is 10.2 Å². The zero-order chi connectivity index (χ0) is 24.7. The van der Waals surface area contributed by atoms with Crippen molar-refractivity contribution in [3.05, 3.63) is 102 Å². The van der Waals surface area contributed by atoms with Gasteiger partial charge < -0.3 is 10.2 Å². The van der Waals surface area contributed by atoms with E-state index < -0.39 is 15.9 Å². The van der Waals surface area contributed by atoms with Gasteiger partial charge in [0, 0.05) is 38.4 Å². The van der Waals surface area contributed by atoms with Crippen LogP contribution in [0.4, 0.5) is 5.69 Å². The van der Waals surface area contributed by atoms with Crippen LogP contribution in [0.15, 0.2) is 84.9 Å². The fourth-order valence-electron chi connectivity index (χ4n) is 4.53. The van der Waals surface area contributed by atoms with Crippen LogP contribution in [0.2, 0.25) is 0 Å². The van der Waals surface area contributed by atoms with Crippen LogP contribution in [0.3, 0.4) is 0 Å². The molecule has 0 radical (unpaired) electrons. The molecule has 0 aromatic heterocycles. The molecule has 1 aliphatic heterocycles. The number of nitrogens with one attached hydrogen (secondary N) is 1. The molecule has 1 saturated heterocycles. The number of nitrogens with zero attached hydrogens (tertiary/aromatic N) is 2. The van der Waals surface area contributed by atoms with Crippen LogP contribution in [0.1, 0.15) is 29.0 Å². The summed E-state index contributed by atoms with van der Waals surface area (Å²) in [4.78, 5) is 15.3. The van der Waals surface area contributed by atoms with E-state index in [1.54, 1.807) is 4.31 Å². The first-order valence-electron chi connectivity index (χ1n) is 12.1. The van der Waals surface area contributed by atoms with Gasteiger partial charge in [0.15, 0.2) is 0 Å². The number of benzene rings is 3. The Morgan fingerprint density at radius 1 is 0.857 bits per heavy atom. The van der Waals surface area contributed by atoms with E-state index in [2.05, 4.69) is 35.3 Å². The van der Waals surface area contributed by atoms with E-state index in [-0.39, 0.29) is 11.7 Å². The molecule has 3 aromatic rings. The summed E-state index contributed by atoms with van der Waals surface area (Å²) in [5.41, 5.74) is 4.16. The SMILES string of the molecule is Cc1cccc(N2CCN(S(=O)(=O)CCCNC(=O)C(c3ccccc3)c3ccccc3)CC2)c1. The average molecular weight is 492 g/mol. The van der Waals surface area contributed by atoms with Crippen LogP contribution >= 0.6 is 0 Å². The summed E-state index contributed by atoms with van der Waals surface area (Å²) in [6, 6.07) is 27.6. The van der Waals surface area contributed by atoms with E-state index in [4.69, 9.17) is 0 Å². The fraction of sp³-hybridized carbons (Fsp3) is 0.321. The van der Waals surface area contributed by atoms with Gasteiger partial charge in [0.2, 0.25) is 15.9 Å². The molecule has 0 unspecified atom stereocenters. The topological polar surface area (TPSA) is 69.7 Å². The zero-order valence-corrected chi connectivity index (χ0v) is 21.0. The molecule has 0 aliphatic carbocycles. The molecule has 1 aliphatic rings. The van der Waals surface area contributed by atoms with Crippen molar-refractivity contribution in [2.24, 2.45) is 0 Å². The number of amides is 1. The predicted octanol–water partition coefficient (Wildman–Crippen LogP) is 3.79. The van der Waals surface area contributed by atoms with Crippen LogP contribution in [0.5, 0.6) is 0 Å². The van der Waals surface area contributed by atoms with E-state index in [1.807, 2.05) is 66.7 Å². The van der Waals surface area contributed by atoms with Gasteiger partial charge in [-0.15, -0.1) is 0 Å².